The number of H-pyrrole nitrogens is 1. The van der Waals surface area contributed by atoms with Crippen molar-refractivity contribution in [3.05, 3.63) is 18.2 Å². The van der Waals surface area contributed by atoms with Crippen molar-refractivity contribution in [1.29, 1.82) is 0 Å². The fourth-order valence-corrected chi connectivity index (χ4v) is 3.06. The fourth-order valence-electron chi connectivity index (χ4n) is 3.06. The monoisotopic (exact) mass is 525 g/mol. The smallest absolute Gasteiger partial charge is 0.326 e. The van der Waals surface area contributed by atoms with E-state index < -0.39 is 72.0 Å². The van der Waals surface area contributed by atoms with Crippen LogP contribution in [0.3, 0.4) is 0 Å². The Hall–Kier alpha value is -4.54. The molecule has 4 atom stereocenters. The predicted molar refractivity (Wildman–Crippen MR) is 124 cm³/mol. The summed E-state index contributed by atoms with van der Waals surface area (Å²) in [6.45, 7) is 0. The zero-order valence-electron chi connectivity index (χ0n) is 19.8. The lowest BCUT2D eigenvalue weighted by atomic mass is 10.1. The number of carboxylic acids is 1. The van der Waals surface area contributed by atoms with Gasteiger partial charge in [-0.1, -0.05) is 0 Å². The summed E-state index contributed by atoms with van der Waals surface area (Å²) in [5, 5.41) is 15.9. The number of hydrogen-bond acceptors (Lipinski definition) is 9. The maximum Gasteiger partial charge on any atom is 0.326 e. The molecule has 204 valence electrons. The predicted octanol–water partition coefficient (Wildman–Crippen LogP) is -4.78. The number of primary amides is 3. The minimum absolute atomic E-state index is 0.0517. The van der Waals surface area contributed by atoms with Crippen LogP contribution in [-0.2, 0) is 40.0 Å². The molecule has 0 spiro atoms. The molecule has 0 aliphatic heterocycles. The molecule has 0 radical (unpaired) electrons. The number of aromatic amines is 1. The van der Waals surface area contributed by atoms with Crippen LogP contribution < -0.4 is 38.9 Å². The average molecular weight is 526 g/mol. The highest BCUT2D eigenvalue weighted by molar-refractivity contribution is 5.95. The molecule has 0 fully saturated rings. The van der Waals surface area contributed by atoms with Crippen LogP contribution in [-0.4, -0.2) is 80.7 Å². The highest BCUT2D eigenvalue weighted by atomic mass is 16.4. The molecule has 0 aliphatic rings. The van der Waals surface area contributed by atoms with Crippen LogP contribution >= 0.6 is 0 Å². The Bertz CT molecular complexity index is 998. The van der Waals surface area contributed by atoms with Gasteiger partial charge >= 0.3 is 5.97 Å². The van der Waals surface area contributed by atoms with Crippen LogP contribution in [0.15, 0.2) is 12.5 Å². The van der Waals surface area contributed by atoms with E-state index in [1.54, 1.807) is 0 Å². The lowest BCUT2D eigenvalue weighted by Crippen LogP contribution is -2.57. The maximum absolute atomic E-state index is 13.0. The van der Waals surface area contributed by atoms with Crippen molar-refractivity contribution in [2.45, 2.75) is 62.7 Å². The first-order valence-electron chi connectivity index (χ1n) is 11.0. The van der Waals surface area contributed by atoms with Gasteiger partial charge in [-0.15, -0.1) is 0 Å². The van der Waals surface area contributed by atoms with Crippen molar-refractivity contribution < 1.29 is 38.7 Å². The molecular formula is C20H31N9O8. The molecule has 1 aromatic heterocycles. The summed E-state index contributed by atoms with van der Waals surface area (Å²) in [5.41, 5.74) is 21.7. The molecule has 0 saturated carbocycles. The average Bonchev–Trinajstić information content (AvgIpc) is 3.30. The molecule has 17 nitrogen and oxygen atoms in total. The third-order valence-electron chi connectivity index (χ3n) is 4.98. The number of carboxylic acid groups (broad SMARTS) is 1. The van der Waals surface area contributed by atoms with Gasteiger partial charge in [-0.25, -0.2) is 9.78 Å². The van der Waals surface area contributed by atoms with Gasteiger partial charge in [0, 0.05) is 31.2 Å². The highest BCUT2D eigenvalue weighted by Gasteiger charge is 2.31. The summed E-state index contributed by atoms with van der Waals surface area (Å²) < 4.78 is 0. The normalized spacial score (nSPS) is 13.9. The van der Waals surface area contributed by atoms with E-state index in [1.807, 2.05) is 0 Å². The van der Waals surface area contributed by atoms with Crippen LogP contribution in [0.25, 0.3) is 0 Å². The molecule has 17 heteroatoms. The first kappa shape index (κ1) is 30.5. The van der Waals surface area contributed by atoms with Gasteiger partial charge in [-0.2, -0.15) is 0 Å². The quantitative estimate of drug-likeness (QED) is 0.0934. The molecule has 1 rings (SSSR count). The Morgan fingerprint density at radius 1 is 0.811 bits per heavy atom. The van der Waals surface area contributed by atoms with E-state index in [2.05, 4.69) is 25.9 Å². The minimum atomic E-state index is -1.70. The van der Waals surface area contributed by atoms with Crippen LogP contribution in [0.1, 0.15) is 37.8 Å². The summed E-state index contributed by atoms with van der Waals surface area (Å²) in [5.74, 6) is -6.93. The second kappa shape index (κ2) is 14.8. The van der Waals surface area contributed by atoms with Crippen molar-refractivity contribution in [2.75, 3.05) is 0 Å². The van der Waals surface area contributed by atoms with Crippen LogP contribution in [0.4, 0.5) is 0 Å². The zero-order chi connectivity index (χ0) is 28.1. The lowest BCUT2D eigenvalue weighted by molar-refractivity contribution is -0.144. The van der Waals surface area contributed by atoms with Gasteiger partial charge in [-0.05, 0) is 12.8 Å². The Balaban J connectivity index is 3.02. The third kappa shape index (κ3) is 11.6. The lowest BCUT2D eigenvalue weighted by Gasteiger charge is -2.24. The van der Waals surface area contributed by atoms with E-state index in [0.717, 1.165) is 0 Å². The number of nitrogens with one attached hydrogen (secondary N) is 4. The van der Waals surface area contributed by atoms with Crippen molar-refractivity contribution in [2.24, 2.45) is 22.9 Å². The van der Waals surface area contributed by atoms with E-state index >= 15 is 0 Å². The topological polar surface area (TPSA) is 309 Å². The molecule has 0 aliphatic carbocycles. The van der Waals surface area contributed by atoms with Gasteiger partial charge in [0.1, 0.15) is 18.1 Å². The van der Waals surface area contributed by atoms with Crippen LogP contribution in [0, 0.1) is 0 Å². The molecule has 1 aromatic rings. The van der Waals surface area contributed by atoms with E-state index in [-0.39, 0.29) is 32.1 Å². The van der Waals surface area contributed by atoms with Gasteiger partial charge in [0.25, 0.3) is 0 Å². The number of nitrogens with two attached hydrogens (primary N) is 4. The Morgan fingerprint density at radius 2 is 1.30 bits per heavy atom. The molecule has 37 heavy (non-hydrogen) atoms. The Labute approximate surface area is 210 Å². The van der Waals surface area contributed by atoms with Gasteiger partial charge in [0.05, 0.1) is 18.8 Å². The number of carbonyl (C=O) groups is 7. The first-order valence-corrected chi connectivity index (χ1v) is 11.0. The minimum Gasteiger partial charge on any atom is -0.480 e. The fraction of sp³-hybridized carbons (Fsp3) is 0.500. The number of imidazole rings is 1. The number of amides is 6. The van der Waals surface area contributed by atoms with E-state index in [4.69, 9.17) is 22.9 Å². The van der Waals surface area contributed by atoms with Crippen molar-refractivity contribution in [1.82, 2.24) is 25.9 Å². The van der Waals surface area contributed by atoms with Gasteiger partial charge in [-0.3, -0.25) is 28.8 Å². The Kier molecular flexibility index (Phi) is 12.2. The summed E-state index contributed by atoms with van der Waals surface area (Å²) in [4.78, 5) is 89.8. The number of rotatable bonds is 17. The summed E-state index contributed by atoms with van der Waals surface area (Å²) in [6.07, 6.45) is 0.872. The van der Waals surface area contributed by atoms with E-state index in [9.17, 15) is 38.7 Å². The van der Waals surface area contributed by atoms with Crippen molar-refractivity contribution in [3.8, 4) is 0 Å². The van der Waals surface area contributed by atoms with Crippen molar-refractivity contribution >= 4 is 41.4 Å². The number of carbonyl (C=O) groups excluding carboxylic acids is 6. The number of aliphatic carboxylic acids is 1. The molecule has 0 saturated heterocycles. The third-order valence-corrected chi connectivity index (χ3v) is 4.98. The summed E-state index contributed by atoms with van der Waals surface area (Å²) in [6, 6.07) is -5.69. The molecule has 1 heterocycles. The van der Waals surface area contributed by atoms with Crippen LogP contribution in [0.2, 0.25) is 0 Å². The van der Waals surface area contributed by atoms with Crippen LogP contribution in [0.5, 0.6) is 0 Å². The van der Waals surface area contributed by atoms with E-state index in [1.165, 1.54) is 12.5 Å². The molecule has 4 unspecified atom stereocenters. The standard InChI is InChI=1S/C20H31N9O8/c21-10(5-9-7-25-8-26-9)17(33)27-11(1-3-14(22)30)18(34)28-12(2-4-15(23)31)19(35)29-13(20(36)37)6-16(24)32/h7-8,10-13H,1-6,21H2,(H2,22,30)(H2,23,31)(H2,24,32)(H,25,26)(H,27,33)(H,28,34)(H,29,35)(H,36,37). The molecule has 6 amide bonds. The summed E-state index contributed by atoms with van der Waals surface area (Å²) in [7, 11) is 0. The molecule has 13 N–H and O–H groups in total. The molecule has 0 aromatic carbocycles. The van der Waals surface area contributed by atoms with Gasteiger partial charge in [0.2, 0.25) is 35.4 Å². The number of aromatic nitrogens is 2. The number of nitrogens with zero attached hydrogens (tertiary/aromatic N) is 1. The van der Waals surface area contributed by atoms with E-state index in [0.29, 0.717) is 5.69 Å². The largest absolute Gasteiger partial charge is 0.480 e. The molecular weight excluding hydrogens is 494 g/mol. The summed E-state index contributed by atoms with van der Waals surface area (Å²) >= 11 is 0. The first-order chi connectivity index (χ1) is 17.3. The second-order valence-electron chi connectivity index (χ2n) is 8.09. The number of hydrogen-bond donors (Lipinski definition) is 9. The van der Waals surface area contributed by atoms with Crippen molar-refractivity contribution in [3.63, 3.8) is 0 Å². The SMILES string of the molecule is NC(=O)CCC(NC(=O)C(N)Cc1cnc[nH]1)C(=O)NC(CCC(N)=O)C(=O)NC(CC(N)=O)C(=O)O. The van der Waals surface area contributed by atoms with Gasteiger partial charge < -0.3 is 49.0 Å². The van der Waals surface area contributed by atoms with Gasteiger partial charge in [0.15, 0.2) is 0 Å². The zero-order valence-corrected chi connectivity index (χ0v) is 19.8. The molecule has 0 bridgehead atoms. The Morgan fingerprint density at radius 3 is 1.70 bits per heavy atom. The highest BCUT2D eigenvalue weighted by Crippen LogP contribution is 2.05. The maximum atomic E-state index is 13.0. The second-order valence-corrected chi connectivity index (χ2v) is 8.09.